The minimum atomic E-state index is -4.81. The molecule has 0 aliphatic carbocycles. The van der Waals surface area contributed by atoms with Crippen molar-refractivity contribution in [2.45, 2.75) is 25.2 Å². The van der Waals surface area contributed by atoms with E-state index in [0.29, 0.717) is 26.1 Å². The quantitative estimate of drug-likeness (QED) is 0.862. The van der Waals surface area contributed by atoms with Gasteiger partial charge in [-0.15, -0.1) is 25.6 Å². The second kappa shape index (κ2) is 7.29. The van der Waals surface area contributed by atoms with E-state index in [0.717, 1.165) is 18.2 Å². The summed E-state index contributed by atoms with van der Waals surface area (Å²) in [6.07, 6.45) is -3.49. The molecule has 21 heavy (non-hydrogen) atoms. The minimum absolute atomic E-state index is 0. The third kappa shape index (κ3) is 5.01. The van der Waals surface area contributed by atoms with Gasteiger partial charge >= 0.3 is 6.36 Å². The van der Waals surface area contributed by atoms with E-state index >= 15 is 0 Å². The van der Waals surface area contributed by atoms with Gasteiger partial charge in [0.25, 0.3) is 0 Å². The molecule has 0 spiro atoms. The molecule has 8 heteroatoms. The van der Waals surface area contributed by atoms with Crippen LogP contribution in [0.15, 0.2) is 18.2 Å². The van der Waals surface area contributed by atoms with Crippen LogP contribution in [0.25, 0.3) is 0 Å². The molecule has 2 N–H and O–H groups in total. The van der Waals surface area contributed by atoms with Crippen LogP contribution in [0, 0.1) is 11.7 Å². The highest BCUT2D eigenvalue weighted by molar-refractivity contribution is 5.85. The van der Waals surface area contributed by atoms with Crippen molar-refractivity contribution < 1.29 is 27.0 Å². The lowest BCUT2D eigenvalue weighted by Crippen LogP contribution is -2.28. The summed E-state index contributed by atoms with van der Waals surface area (Å²) in [6, 6.07) is 2.22. The summed E-state index contributed by atoms with van der Waals surface area (Å²) in [7, 11) is 0. The van der Waals surface area contributed by atoms with Crippen LogP contribution in [0.2, 0.25) is 0 Å². The average molecular weight is 330 g/mol. The number of ether oxygens (including phenoxy) is 2. The molecule has 1 saturated heterocycles. The summed E-state index contributed by atoms with van der Waals surface area (Å²) in [6.45, 7) is 1.05. The predicted octanol–water partition coefficient (Wildman–Crippen LogP) is 3.57. The van der Waals surface area contributed by atoms with E-state index in [2.05, 4.69) is 4.74 Å². The fourth-order valence-corrected chi connectivity index (χ4v) is 2.30. The smallest absolute Gasteiger partial charge is 0.406 e. The zero-order chi connectivity index (χ0) is 14.8. The van der Waals surface area contributed by atoms with E-state index in [1.165, 1.54) is 0 Å². The Hall–Kier alpha value is -1.05. The van der Waals surface area contributed by atoms with Crippen LogP contribution >= 0.6 is 12.4 Å². The summed E-state index contributed by atoms with van der Waals surface area (Å²) in [5, 5.41) is 0. The monoisotopic (exact) mass is 329 g/mol. The Kier molecular flexibility index (Phi) is 6.24. The van der Waals surface area contributed by atoms with Gasteiger partial charge < -0.3 is 15.2 Å². The molecular formula is C13H16ClF4NO2. The van der Waals surface area contributed by atoms with Crippen LogP contribution in [0.1, 0.15) is 24.4 Å². The number of alkyl halides is 3. The second-order valence-corrected chi connectivity index (χ2v) is 4.71. The van der Waals surface area contributed by atoms with Gasteiger partial charge in [0.1, 0.15) is 11.6 Å². The SMILES string of the molecule is Cl.N[C@H](c1cc(OC(F)(F)F)ccc1F)C1CCOCC1. The van der Waals surface area contributed by atoms with Crippen LogP contribution in [0.4, 0.5) is 17.6 Å². The molecule has 0 bridgehead atoms. The Balaban J connectivity index is 0.00000220. The number of halogens is 5. The first-order valence-corrected chi connectivity index (χ1v) is 6.25. The summed E-state index contributed by atoms with van der Waals surface area (Å²) in [4.78, 5) is 0. The molecule has 1 atom stereocenters. The average Bonchev–Trinajstić information content (AvgIpc) is 2.40. The van der Waals surface area contributed by atoms with Gasteiger partial charge in [0.05, 0.1) is 0 Å². The molecule has 0 unspecified atom stereocenters. The van der Waals surface area contributed by atoms with E-state index in [9.17, 15) is 17.6 Å². The number of nitrogens with two attached hydrogens (primary N) is 1. The number of hydrogen-bond acceptors (Lipinski definition) is 3. The molecule has 1 aliphatic heterocycles. The standard InChI is InChI=1S/C13H15F4NO2.ClH/c14-11-2-1-9(20-13(15,16)17)7-10(11)12(18)8-3-5-19-6-4-8;/h1-2,7-8,12H,3-6,18H2;1H/t12-;/m0./s1. The number of benzene rings is 1. The second-order valence-electron chi connectivity index (χ2n) is 4.71. The van der Waals surface area contributed by atoms with Crippen LogP contribution in [-0.4, -0.2) is 19.6 Å². The molecule has 120 valence electrons. The van der Waals surface area contributed by atoms with Gasteiger partial charge in [-0.2, -0.15) is 0 Å². The van der Waals surface area contributed by atoms with Gasteiger partial charge in [0, 0.05) is 24.8 Å². The first-order chi connectivity index (χ1) is 9.37. The first-order valence-electron chi connectivity index (χ1n) is 6.25. The summed E-state index contributed by atoms with van der Waals surface area (Å²) in [5.74, 6) is -1.10. The molecule has 0 radical (unpaired) electrons. The Bertz CT molecular complexity index is 464. The van der Waals surface area contributed by atoms with E-state index in [-0.39, 0.29) is 23.9 Å². The molecule has 1 aromatic carbocycles. The molecule has 2 rings (SSSR count). The third-order valence-corrected chi connectivity index (χ3v) is 3.33. The molecule has 1 aromatic rings. The van der Waals surface area contributed by atoms with Crippen molar-refractivity contribution in [3.8, 4) is 5.75 Å². The highest BCUT2D eigenvalue weighted by Gasteiger charge is 2.32. The molecule has 0 amide bonds. The van der Waals surface area contributed by atoms with E-state index in [4.69, 9.17) is 10.5 Å². The van der Waals surface area contributed by atoms with Crippen molar-refractivity contribution >= 4 is 12.4 Å². The highest BCUT2D eigenvalue weighted by atomic mass is 35.5. The van der Waals surface area contributed by atoms with Crippen molar-refractivity contribution in [1.82, 2.24) is 0 Å². The molecule has 1 fully saturated rings. The maximum atomic E-state index is 13.8. The maximum absolute atomic E-state index is 13.8. The Morgan fingerprint density at radius 1 is 1.24 bits per heavy atom. The molecule has 1 heterocycles. The van der Waals surface area contributed by atoms with Crippen molar-refractivity contribution in [2.24, 2.45) is 11.7 Å². The molecule has 3 nitrogen and oxygen atoms in total. The predicted molar refractivity (Wildman–Crippen MR) is 70.8 cm³/mol. The van der Waals surface area contributed by atoms with Gasteiger partial charge in [-0.1, -0.05) is 0 Å². The van der Waals surface area contributed by atoms with Crippen molar-refractivity contribution in [2.75, 3.05) is 13.2 Å². The van der Waals surface area contributed by atoms with Crippen LogP contribution in [-0.2, 0) is 4.74 Å². The Labute approximate surface area is 125 Å². The van der Waals surface area contributed by atoms with E-state index in [1.54, 1.807) is 0 Å². The number of rotatable bonds is 3. The number of hydrogen-bond donors (Lipinski definition) is 1. The topological polar surface area (TPSA) is 44.5 Å². The summed E-state index contributed by atoms with van der Waals surface area (Å²) >= 11 is 0. The zero-order valence-corrected chi connectivity index (χ0v) is 11.8. The van der Waals surface area contributed by atoms with Gasteiger partial charge in [0.15, 0.2) is 0 Å². The fraction of sp³-hybridized carbons (Fsp3) is 0.538. The molecule has 1 aliphatic rings. The first kappa shape index (κ1) is 18.0. The third-order valence-electron chi connectivity index (χ3n) is 3.33. The van der Waals surface area contributed by atoms with Crippen LogP contribution in [0.3, 0.4) is 0 Å². The molecular weight excluding hydrogens is 314 g/mol. The molecule has 0 aromatic heterocycles. The normalized spacial score (nSPS) is 18.0. The zero-order valence-electron chi connectivity index (χ0n) is 11.0. The summed E-state index contributed by atoms with van der Waals surface area (Å²) in [5.41, 5.74) is 6.01. The van der Waals surface area contributed by atoms with E-state index in [1.807, 2.05) is 0 Å². The Morgan fingerprint density at radius 3 is 2.43 bits per heavy atom. The van der Waals surface area contributed by atoms with E-state index < -0.39 is 24.0 Å². The fourth-order valence-electron chi connectivity index (χ4n) is 2.30. The van der Waals surface area contributed by atoms with Crippen LogP contribution < -0.4 is 10.5 Å². The largest absolute Gasteiger partial charge is 0.573 e. The maximum Gasteiger partial charge on any atom is 0.573 e. The van der Waals surface area contributed by atoms with Gasteiger partial charge in [0.2, 0.25) is 0 Å². The lowest BCUT2D eigenvalue weighted by molar-refractivity contribution is -0.274. The van der Waals surface area contributed by atoms with Crippen molar-refractivity contribution in [3.63, 3.8) is 0 Å². The van der Waals surface area contributed by atoms with Crippen molar-refractivity contribution in [1.29, 1.82) is 0 Å². The molecule has 0 saturated carbocycles. The minimum Gasteiger partial charge on any atom is -0.406 e. The highest BCUT2D eigenvalue weighted by Crippen LogP contribution is 2.32. The lowest BCUT2D eigenvalue weighted by Gasteiger charge is -2.28. The Morgan fingerprint density at radius 2 is 1.86 bits per heavy atom. The van der Waals surface area contributed by atoms with Gasteiger partial charge in [-0.05, 0) is 37.0 Å². The van der Waals surface area contributed by atoms with Gasteiger partial charge in [-0.3, -0.25) is 0 Å². The summed E-state index contributed by atoms with van der Waals surface area (Å²) < 4.78 is 59.2. The lowest BCUT2D eigenvalue weighted by atomic mass is 9.87. The van der Waals surface area contributed by atoms with Gasteiger partial charge in [-0.25, -0.2) is 4.39 Å². The van der Waals surface area contributed by atoms with Crippen molar-refractivity contribution in [3.05, 3.63) is 29.6 Å². The van der Waals surface area contributed by atoms with Crippen LogP contribution in [0.5, 0.6) is 5.75 Å².